The third-order valence-corrected chi connectivity index (χ3v) is 5.71. The molecule has 2 N–H and O–H groups in total. The minimum absolute atomic E-state index is 0.0325. The molecule has 0 aliphatic carbocycles. The van der Waals surface area contributed by atoms with Crippen LogP contribution in [0.25, 0.3) is 0 Å². The van der Waals surface area contributed by atoms with Crippen LogP contribution in [0.1, 0.15) is 45.0 Å². The highest BCUT2D eigenvalue weighted by atomic mass is 16.5. The Bertz CT molecular complexity index is 879. The van der Waals surface area contributed by atoms with Crippen molar-refractivity contribution in [2.24, 2.45) is 5.92 Å². The molecule has 1 aromatic rings. The third kappa shape index (κ3) is 7.74. The van der Waals surface area contributed by atoms with E-state index in [0.29, 0.717) is 55.5 Å². The van der Waals surface area contributed by atoms with E-state index < -0.39 is 11.9 Å². The maximum atomic E-state index is 13.3. The summed E-state index contributed by atoms with van der Waals surface area (Å²) in [7, 11) is 4.45. The van der Waals surface area contributed by atoms with Crippen molar-refractivity contribution in [3.8, 4) is 17.2 Å². The number of rotatable bonds is 9. The van der Waals surface area contributed by atoms with Gasteiger partial charge in [-0.2, -0.15) is 0 Å². The summed E-state index contributed by atoms with van der Waals surface area (Å²) in [5, 5.41) is 5.84. The molecular formula is C25H40N4O6. The second-order valence-corrected chi connectivity index (χ2v) is 10.0. The fourth-order valence-corrected chi connectivity index (χ4v) is 3.93. The maximum absolute atomic E-state index is 13.3. The van der Waals surface area contributed by atoms with Gasteiger partial charge < -0.3 is 29.7 Å². The standard InChI is InChI=1S/C25H40N4O6/c1-16(2)21(26-23(31)17-13-18(33-6)22(35-8)19(14-17)34-7)24(32)29-11-9-28(10-12-29)15-20(30)27-25(3,4)5/h13-14,16,21H,9-12,15H2,1-8H3,(H,26,31)(H,27,30). The number of carbonyl (C=O) groups is 3. The Morgan fingerprint density at radius 2 is 1.49 bits per heavy atom. The number of methoxy groups -OCH3 is 3. The van der Waals surface area contributed by atoms with E-state index in [0.717, 1.165) is 0 Å². The second-order valence-electron chi connectivity index (χ2n) is 10.0. The van der Waals surface area contributed by atoms with Gasteiger partial charge in [-0.1, -0.05) is 13.8 Å². The predicted molar refractivity (Wildman–Crippen MR) is 133 cm³/mol. The topological polar surface area (TPSA) is 109 Å². The lowest BCUT2D eigenvalue weighted by Crippen LogP contribution is -2.57. The zero-order chi connectivity index (χ0) is 26.3. The minimum atomic E-state index is -0.697. The SMILES string of the molecule is COc1cc(C(=O)NC(C(=O)N2CCN(CC(=O)NC(C)(C)C)CC2)C(C)C)cc(OC)c1OC. The molecule has 3 amide bonds. The highest BCUT2D eigenvalue weighted by Gasteiger charge is 2.32. The van der Waals surface area contributed by atoms with Gasteiger partial charge in [0.25, 0.3) is 5.91 Å². The smallest absolute Gasteiger partial charge is 0.252 e. The number of carbonyl (C=O) groups excluding carboxylic acids is 3. The number of hydrogen-bond donors (Lipinski definition) is 2. The molecule has 196 valence electrons. The Hall–Kier alpha value is -3.01. The summed E-state index contributed by atoms with van der Waals surface area (Å²) in [6.45, 7) is 12.1. The third-order valence-electron chi connectivity index (χ3n) is 5.71. The number of nitrogens with zero attached hydrogens (tertiary/aromatic N) is 2. The summed E-state index contributed by atoms with van der Waals surface area (Å²) in [5.74, 6) is 0.400. The first-order valence-electron chi connectivity index (χ1n) is 11.8. The Balaban J connectivity index is 2.05. The molecule has 10 nitrogen and oxygen atoms in total. The van der Waals surface area contributed by atoms with Gasteiger partial charge in [-0.15, -0.1) is 0 Å². The predicted octanol–water partition coefficient (Wildman–Crippen LogP) is 1.53. The Morgan fingerprint density at radius 3 is 1.91 bits per heavy atom. The van der Waals surface area contributed by atoms with Gasteiger partial charge in [0.2, 0.25) is 17.6 Å². The number of hydrogen-bond acceptors (Lipinski definition) is 7. The van der Waals surface area contributed by atoms with Gasteiger partial charge in [0, 0.05) is 37.3 Å². The molecule has 0 aromatic heterocycles. The van der Waals surface area contributed by atoms with E-state index in [4.69, 9.17) is 14.2 Å². The molecule has 0 saturated carbocycles. The Morgan fingerprint density at radius 1 is 0.943 bits per heavy atom. The molecule has 1 heterocycles. The average Bonchev–Trinajstić information content (AvgIpc) is 2.79. The zero-order valence-electron chi connectivity index (χ0n) is 22.2. The number of benzene rings is 1. The maximum Gasteiger partial charge on any atom is 0.252 e. The highest BCUT2D eigenvalue weighted by Crippen LogP contribution is 2.38. The van der Waals surface area contributed by atoms with Crippen molar-refractivity contribution in [2.75, 3.05) is 54.1 Å². The molecule has 1 aromatic carbocycles. The second kappa shape index (κ2) is 12.1. The molecule has 1 atom stereocenters. The first-order chi connectivity index (χ1) is 16.4. The monoisotopic (exact) mass is 492 g/mol. The van der Waals surface area contributed by atoms with Crippen molar-refractivity contribution < 1.29 is 28.6 Å². The van der Waals surface area contributed by atoms with Gasteiger partial charge in [-0.3, -0.25) is 19.3 Å². The van der Waals surface area contributed by atoms with Crippen LogP contribution in [-0.4, -0.2) is 93.2 Å². The lowest BCUT2D eigenvalue weighted by molar-refractivity contribution is -0.136. The number of ether oxygens (including phenoxy) is 3. The van der Waals surface area contributed by atoms with Gasteiger partial charge in [-0.05, 0) is 38.8 Å². The summed E-state index contributed by atoms with van der Waals surface area (Å²) >= 11 is 0. The molecule has 0 bridgehead atoms. The molecule has 1 unspecified atom stereocenters. The van der Waals surface area contributed by atoms with Crippen molar-refractivity contribution in [1.82, 2.24) is 20.4 Å². The van der Waals surface area contributed by atoms with E-state index in [1.54, 1.807) is 17.0 Å². The van der Waals surface area contributed by atoms with Crippen LogP contribution >= 0.6 is 0 Å². The summed E-state index contributed by atoms with van der Waals surface area (Å²) in [6, 6.07) is 2.41. The number of nitrogens with one attached hydrogen (secondary N) is 2. The molecule has 1 fully saturated rings. The fourth-order valence-electron chi connectivity index (χ4n) is 3.93. The van der Waals surface area contributed by atoms with Crippen molar-refractivity contribution in [1.29, 1.82) is 0 Å². The van der Waals surface area contributed by atoms with Gasteiger partial charge in [0.1, 0.15) is 6.04 Å². The number of amides is 3. The molecule has 1 saturated heterocycles. The Labute approximate surface area is 208 Å². The summed E-state index contributed by atoms with van der Waals surface area (Å²) < 4.78 is 16.0. The first-order valence-corrected chi connectivity index (χ1v) is 11.8. The van der Waals surface area contributed by atoms with Crippen molar-refractivity contribution in [3.63, 3.8) is 0 Å². The lowest BCUT2D eigenvalue weighted by atomic mass is 10.0. The van der Waals surface area contributed by atoms with Gasteiger partial charge >= 0.3 is 0 Å². The van der Waals surface area contributed by atoms with Crippen LogP contribution in [-0.2, 0) is 9.59 Å². The van der Waals surface area contributed by atoms with Gasteiger partial charge in [0.05, 0.1) is 27.9 Å². The average molecular weight is 493 g/mol. The van der Waals surface area contributed by atoms with Gasteiger partial charge in [0.15, 0.2) is 11.5 Å². The molecule has 10 heteroatoms. The normalized spacial score (nSPS) is 15.4. The van der Waals surface area contributed by atoms with Crippen LogP contribution in [0.5, 0.6) is 17.2 Å². The molecule has 2 rings (SSSR count). The molecule has 1 aliphatic heterocycles. The van der Waals surface area contributed by atoms with Crippen molar-refractivity contribution in [3.05, 3.63) is 17.7 Å². The number of piperazine rings is 1. The van der Waals surface area contributed by atoms with Crippen LogP contribution in [0.4, 0.5) is 0 Å². The molecule has 1 aliphatic rings. The van der Waals surface area contributed by atoms with Crippen LogP contribution in [0, 0.1) is 5.92 Å². The van der Waals surface area contributed by atoms with Crippen molar-refractivity contribution >= 4 is 17.7 Å². The molecule has 35 heavy (non-hydrogen) atoms. The molecule has 0 spiro atoms. The molecular weight excluding hydrogens is 452 g/mol. The van der Waals surface area contributed by atoms with Crippen LogP contribution < -0.4 is 24.8 Å². The fraction of sp³-hybridized carbons (Fsp3) is 0.640. The lowest BCUT2D eigenvalue weighted by Gasteiger charge is -2.37. The minimum Gasteiger partial charge on any atom is -0.493 e. The van der Waals surface area contributed by atoms with Crippen LogP contribution in [0.15, 0.2) is 12.1 Å². The van der Waals surface area contributed by atoms with E-state index in [9.17, 15) is 14.4 Å². The van der Waals surface area contributed by atoms with E-state index in [1.165, 1.54) is 21.3 Å². The Kier molecular flexibility index (Phi) is 9.76. The van der Waals surface area contributed by atoms with E-state index in [-0.39, 0.29) is 23.3 Å². The van der Waals surface area contributed by atoms with Crippen LogP contribution in [0.2, 0.25) is 0 Å². The largest absolute Gasteiger partial charge is 0.493 e. The quantitative estimate of drug-likeness (QED) is 0.538. The van der Waals surface area contributed by atoms with E-state index >= 15 is 0 Å². The van der Waals surface area contributed by atoms with E-state index in [1.807, 2.05) is 39.5 Å². The van der Waals surface area contributed by atoms with E-state index in [2.05, 4.69) is 10.6 Å². The molecule has 0 radical (unpaired) electrons. The van der Waals surface area contributed by atoms with Gasteiger partial charge in [-0.25, -0.2) is 0 Å². The van der Waals surface area contributed by atoms with Crippen LogP contribution in [0.3, 0.4) is 0 Å². The zero-order valence-corrected chi connectivity index (χ0v) is 22.2. The van der Waals surface area contributed by atoms with Crippen molar-refractivity contribution in [2.45, 2.75) is 46.2 Å². The summed E-state index contributed by atoms with van der Waals surface area (Å²) in [5.41, 5.74) is 0.0165. The highest BCUT2D eigenvalue weighted by molar-refractivity contribution is 5.98. The summed E-state index contributed by atoms with van der Waals surface area (Å²) in [4.78, 5) is 42.4. The first kappa shape index (κ1) is 28.2. The summed E-state index contributed by atoms with van der Waals surface area (Å²) in [6.07, 6.45) is 0.